The van der Waals surface area contributed by atoms with E-state index in [1.807, 2.05) is 0 Å². The topological polar surface area (TPSA) is 256 Å². The zero-order valence-corrected chi connectivity index (χ0v) is 39.6. The van der Waals surface area contributed by atoms with Crippen LogP contribution in [-0.4, -0.2) is 84.8 Å². The lowest BCUT2D eigenvalue weighted by atomic mass is 9.88. The molecule has 0 unspecified atom stereocenters. The zero-order valence-electron chi connectivity index (χ0n) is 39.6. The Morgan fingerprint density at radius 3 is 1.17 bits per heavy atom. The number of hydrogen-bond acceptors (Lipinski definition) is 12. The molecule has 0 aliphatic rings. The third-order valence-corrected chi connectivity index (χ3v) is 11.3. The molecule has 6 aromatic rings. The lowest BCUT2D eigenvalue weighted by molar-refractivity contribution is -0.0174. The molecule has 0 saturated carbocycles. The molecule has 21 heteroatoms. The molecule has 0 bridgehead atoms. The minimum Gasteiger partial charge on any atom is -0.449 e. The van der Waals surface area contributed by atoms with E-state index in [0.29, 0.717) is 51.3 Å². The fourth-order valence-electron chi connectivity index (χ4n) is 6.94. The Morgan fingerprint density at radius 2 is 0.826 bits per heavy atom. The summed E-state index contributed by atoms with van der Waals surface area (Å²) in [6, 6.07) is 19.1. The number of rotatable bonds is 15. The minimum absolute atomic E-state index is 0.207. The summed E-state index contributed by atoms with van der Waals surface area (Å²) >= 11 is 0. The van der Waals surface area contributed by atoms with Gasteiger partial charge in [0.05, 0.1) is 16.5 Å². The summed E-state index contributed by atoms with van der Waals surface area (Å²) in [7, 11) is 0. The van der Waals surface area contributed by atoms with E-state index in [4.69, 9.17) is 14.2 Å². The Morgan fingerprint density at radius 1 is 0.493 bits per heavy atom. The number of carbonyl (C=O) groups excluding carboxylic acids is 6. The van der Waals surface area contributed by atoms with Crippen molar-refractivity contribution in [3.8, 4) is 0 Å². The lowest BCUT2D eigenvalue weighted by Crippen LogP contribution is -2.46. The highest BCUT2D eigenvalue weighted by atomic mass is 16.6. The standard InChI is InChI=1S/C48H56N12O9/c1-9-48(28-67-43(64)55-39-18-12-17-38(27-39)54-42(63)60-24-21-51-33(60)4,29-68-44(65)56-46(5,6)34-13-10-15-36(25-34)52-40(61)58-22-19-49-31(58)2)30-69-45(66)57-47(7,8)35-14-11-16-37(26-35)53-41(62)59-23-20-50-32(59)3/h10-27H,9,28-30H2,1-8H3,(H,52,61)(H,53,62)(H,54,63)(H,55,64)(H,56,65)(H,57,66). The quantitative estimate of drug-likeness (QED) is 0.0529. The predicted octanol–water partition coefficient (Wildman–Crippen LogP) is 8.71. The van der Waals surface area contributed by atoms with Crippen molar-refractivity contribution in [2.24, 2.45) is 5.41 Å². The fourth-order valence-corrected chi connectivity index (χ4v) is 6.94. The summed E-state index contributed by atoms with van der Waals surface area (Å²) in [5.41, 5.74) is -0.344. The molecule has 0 fully saturated rings. The second-order valence-corrected chi connectivity index (χ2v) is 17.3. The first-order chi connectivity index (χ1) is 32.8. The Hall–Kier alpha value is -8.49. The largest absolute Gasteiger partial charge is 0.449 e. The van der Waals surface area contributed by atoms with Crippen LogP contribution in [0, 0.1) is 26.2 Å². The van der Waals surface area contributed by atoms with Gasteiger partial charge in [0.2, 0.25) is 0 Å². The first-order valence-corrected chi connectivity index (χ1v) is 21.9. The van der Waals surface area contributed by atoms with Crippen molar-refractivity contribution in [1.82, 2.24) is 39.3 Å². The lowest BCUT2D eigenvalue weighted by Gasteiger charge is -2.33. The summed E-state index contributed by atoms with van der Waals surface area (Å²) in [6.45, 7) is 12.8. The molecule has 0 atom stereocenters. The highest BCUT2D eigenvalue weighted by molar-refractivity contribution is 5.93. The molecule has 21 nitrogen and oxygen atoms in total. The van der Waals surface area contributed by atoms with Gasteiger partial charge in [-0.2, -0.15) is 0 Å². The molecule has 0 saturated heterocycles. The zero-order chi connectivity index (χ0) is 49.9. The van der Waals surface area contributed by atoms with E-state index in [1.54, 1.807) is 135 Å². The number of anilines is 4. The van der Waals surface area contributed by atoms with Gasteiger partial charge in [-0.1, -0.05) is 37.3 Å². The number of alkyl carbamates (subject to hydrolysis) is 2. The van der Waals surface area contributed by atoms with Gasteiger partial charge in [0, 0.05) is 59.9 Å². The van der Waals surface area contributed by atoms with Crippen molar-refractivity contribution >= 4 is 59.1 Å². The molecule has 3 aromatic heterocycles. The van der Waals surface area contributed by atoms with E-state index >= 15 is 0 Å². The Balaban J connectivity index is 1.13. The van der Waals surface area contributed by atoms with Crippen LogP contribution in [0.25, 0.3) is 0 Å². The van der Waals surface area contributed by atoms with Crippen LogP contribution in [-0.2, 0) is 25.3 Å². The highest BCUT2D eigenvalue weighted by Gasteiger charge is 2.36. The van der Waals surface area contributed by atoms with Gasteiger partial charge in [0.25, 0.3) is 0 Å². The van der Waals surface area contributed by atoms with Crippen LogP contribution in [0.2, 0.25) is 0 Å². The van der Waals surface area contributed by atoms with Crippen LogP contribution in [0.1, 0.15) is 69.6 Å². The Bertz CT molecular complexity index is 2700. The van der Waals surface area contributed by atoms with E-state index in [2.05, 4.69) is 46.9 Å². The molecule has 0 aliphatic carbocycles. The summed E-state index contributed by atoms with van der Waals surface area (Å²) in [4.78, 5) is 91.2. The van der Waals surface area contributed by atoms with Gasteiger partial charge in [0.1, 0.15) is 37.3 Å². The Labute approximate surface area is 398 Å². The third-order valence-electron chi connectivity index (χ3n) is 11.3. The molecular formula is C48H56N12O9. The molecule has 3 aromatic carbocycles. The van der Waals surface area contributed by atoms with Crippen molar-refractivity contribution in [2.45, 2.75) is 72.9 Å². The van der Waals surface area contributed by atoms with Crippen LogP contribution >= 0.6 is 0 Å². The van der Waals surface area contributed by atoms with E-state index in [0.717, 1.165) is 0 Å². The molecule has 0 aliphatic heterocycles. The molecule has 3 heterocycles. The molecular weight excluding hydrogens is 889 g/mol. The fraction of sp³-hybridized carbons (Fsp3) is 0.312. The number of benzene rings is 3. The second-order valence-electron chi connectivity index (χ2n) is 17.3. The van der Waals surface area contributed by atoms with Crippen LogP contribution in [0.15, 0.2) is 110 Å². The number of imidazole rings is 3. The number of aromatic nitrogens is 6. The molecule has 6 amide bonds. The van der Waals surface area contributed by atoms with E-state index in [1.165, 1.54) is 44.6 Å². The molecule has 69 heavy (non-hydrogen) atoms. The molecule has 6 N–H and O–H groups in total. The van der Waals surface area contributed by atoms with E-state index in [-0.39, 0.29) is 26.2 Å². The summed E-state index contributed by atoms with van der Waals surface area (Å²) < 4.78 is 21.4. The maximum absolute atomic E-state index is 13.6. The maximum Gasteiger partial charge on any atom is 0.411 e. The van der Waals surface area contributed by atoms with Crippen LogP contribution in [0.3, 0.4) is 0 Å². The van der Waals surface area contributed by atoms with Gasteiger partial charge >= 0.3 is 36.4 Å². The Kier molecular flexibility index (Phi) is 15.5. The number of nitrogens with one attached hydrogen (secondary N) is 6. The van der Waals surface area contributed by atoms with Crippen molar-refractivity contribution in [3.63, 3.8) is 0 Å². The summed E-state index contributed by atoms with van der Waals surface area (Å²) in [5, 5.41) is 16.8. The van der Waals surface area contributed by atoms with Crippen molar-refractivity contribution in [3.05, 3.63) is 139 Å². The monoisotopic (exact) mass is 944 g/mol. The van der Waals surface area contributed by atoms with E-state index in [9.17, 15) is 28.8 Å². The molecule has 0 spiro atoms. The summed E-state index contributed by atoms with van der Waals surface area (Å²) in [6.07, 6.45) is 6.84. The number of ether oxygens (including phenoxy) is 3. The van der Waals surface area contributed by atoms with Gasteiger partial charge in [0.15, 0.2) is 0 Å². The van der Waals surface area contributed by atoms with Crippen molar-refractivity contribution in [2.75, 3.05) is 41.1 Å². The average Bonchev–Trinajstić information content (AvgIpc) is 4.07. The SMILES string of the molecule is CCC(COC(=O)Nc1cccc(NC(=O)n2ccnc2C)c1)(COC(=O)NC(C)(C)c1cccc(NC(=O)n2ccnc2C)c1)COC(=O)NC(C)(C)c1cccc(NC(=O)n2ccnc2C)c1. The van der Waals surface area contributed by atoms with Crippen LogP contribution in [0.5, 0.6) is 0 Å². The van der Waals surface area contributed by atoms with Gasteiger partial charge < -0.3 is 40.8 Å². The molecule has 6 rings (SSSR count). The maximum atomic E-state index is 13.6. The smallest absolute Gasteiger partial charge is 0.411 e. The number of aryl methyl sites for hydroxylation is 3. The summed E-state index contributed by atoms with van der Waals surface area (Å²) in [5.74, 6) is 1.51. The van der Waals surface area contributed by atoms with Gasteiger partial charge in [-0.05, 0) is 108 Å². The molecule has 0 radical (unpaired) electrons. The number of carbonyl (C=O) groups is 6. The average molecular weight is 945 g/mol. The van der Waals surface area contributed by atoms with Crippen molar-refractivity contribution < 1.29 is 43.0 Å². The number of hydrogen-bond donors (Lipinski definition) is 6. The highest BCUT2D eigenvalue weighted by Crippen LogP contribution is 2.29. The minimum atomic E-state index is -1.26. The van der Waals surface area contributed by atoms with Gasteiger partial charge in [-0.25, -0.2) is 43.7 Å². The van der Waals surface area contributed by atoms with Crippen LogP contribution < -0.4 is 31.9 Å². The second kappa shape index (κ2) is 21.4. The predicted molar refractivity (Wildman–Crippen MR) is 256 cm³/mol. The third kappa shape index (κ3) is 13.1. The number of nitrogens with zero attached hydrogens (tertiary/aromatic N) is 6. The van der Waals surface area contributed by atoms with E-state index < -0.39 is 52.9 Å². The first kappa shape index (κ1) is 49.9. The van der Waals surface area contributed by atoms with Crippen molar-refractivity contribution in [1.29, 1.82) is 0 Å². The van der Waals surface area contributed by atoms with Crippen LogP contribution in [0.4, 0.5) is 51.5 Å². The molecule has 362 valence electrons. The normalized spacial score (nSPS) is 11.5. The van der Waals surface area contributed by atoms with Gasteiger partial charge in [-0.15, -0.1) is 0 Å². The first-order valence-electron chi connectivity index (χ1n) is 21.9. The number of amides is 6. The van der Waals surface area contributed by atoms with Gasteiger partial charge in [-0.3, -0.25) is 19.0 Å².